The average molecular weight is 448 g/mol. The molecule has 2 fully saturated rings. The van der Waals surface area contributed by atoms with Crippen molar-refractivity contribution < 1.29 is 9.53 Å². The Hall–Kier alpha value is -3.35. The molecular formula is C26H33N5O2. The molecule has 7 nitrogen and oxygen atoms in total. The SMILES string of the molecule is C=C(C)OC(=C)c1cccc(CN2CCCC3(CCN(c4nc(C)cc(N)n4)CC3)C2=O)c1. The van der Waals surface area contributed by atoms with Crippen LogP contribution < -0.4 is 10.6 Å². The van der Waals surface area contributed by atoms with Crippen molar-refractivity contribution in [3.63, 3.8) is 0 Å². The number of nitrogen functional groups attached to an aromatic ring is 1. The molecule has 1 aromatic heterocycles. The highest BCUT2D eigenvalue weighted by molar-refractivity contribution is 5.84. The number of nitrogens with two attached hydrogens (primary N) is 1. The molecular weight excluding hydrogens is 414 g/mol. The molecule has 0 aliphatic carbocycles. The molecule has 2 aliphatic heterocycles. The summed E-state index contributed by atoms with van der Waals surface area (Å²) >= 11 is 0. The van der Waals surface area contributed by atoms with Crippen molar-refractivity contribution >= 4 is 23.4 Å². The van der Waals surface area contributed by atoms with Crippen LogP contribution in [0, 0.1) is 12.3 Å². The van der Waals surface area contributed by atoms with Crippen LogP contribution in [0.3, 0.4) is 0 Å². The van der Waals surface area contributed by atoms with Crippen LogP contribution in [0.15, 0.2) is 49.2 Å². The number of carbonyl (C=O) groups is 1. The van der Waals surface area contributed by atoms with E-state index >= 15 is 0 Å². The van der Waals surface area contributed by atoms with E-state index in [-0.39, 0.29) is 11.3 Å². The maximum absolute atomic E-state index is 13.6. The Morgan fingerprint density at radius 3 is 2.61 bits per heavy atom. The van der Waals surface area contributed by atoms with E-state index in [1.165, 1.54) is 0 Å². The lowest BCUT2D eigenvalue weighted by Crippen LogP contribution is -2.53. The third-order valence-corrected chi connectivity index (χ3v) is 6.61. The van der Waals surface area contributed by atoms with Gasteiger partial charge in [0.1, 0.15) is 11.6 Å². The lowest BCUT2D eigenvalue weighted by Gasteiger charge is -2.46. The molecule has 174 valence electrons. The third-order valence-electron chi connectivity index (χ3n) is 6.61. The Balaban J connectivity index is 1.43. The number of ether oxygens (including phenoxy) is 1. The first-order valence-corrected chi connectivity index (χ1v) is 11.5. The fraction of sp³-hybridized carbons (Fsp3) is 0.423. The van der Waals surface area contributed by atoms with Crippen molar-refractivity contribution in [2.45, 2.75) is 46.1 Å². The van der Waals surface area contributed by atoms with Crippen LogP contribution >= 0.6 is 0 Å². The second kappa shape index (κ2) is 9.25. The van der Waals surface area contributed by atoms with Crippen LogP contribution in [-0.4, -0.2) is 40.4 Å². The summed E-state index contributed by atoms with van der Waals surface area (Å²) in [6, 6.07) is 9.81. The smallest absolute Gasteiger partial charge is 0.229 e. The van der Waals surface area contributed by atoms with Crippen molar-refractivity contribution in [1.29, 1.82) is 0 Å². The summed E-state index contributed by atoms with van der Waals surface area (Å²) in [7, 11) is 0. The molecule has 1 spiro atoms. The van der Waals surface area contributed by atoms with Gasteiger partial charge in [0.15, 0.2) is 0 Å². The summed E-state index contributed by atoms with van der Waals surface area (Å²) in [4.78, 5) is 26.7. The Kier molecular flexibility index (Phi) is 6.40. The molecule has 0 unspecified atom stereocenters. The predicted molar refractivity (Wildman–Crippen MR) is 131 cm³/mol. The van der Waals surface area contributed by atoms with Crippen molar-refractivity contribution in [2.75, 3.05) is 30.3 Å². The first kappa shape index (κ1) is 22.8. The fourth-order valence-corrected chi connectivity index (χ4v) is 4.95. The Labute approximate surface area is 196 Å². The zero-order valence-electron chi connectivity index (χ0n) is 19.6. The number of hydrogen-bond donors (Lipinski definition) is 1. The second-order valence-electron chi connectivity index (χ2n) is 9.26. The number of aryl methyl sites for hydroxylation is 1. The van der Waals surface area contributed by atoms with Gasteiger partial charge in [-0.1, -0.05) is 31.4 Å². The number of nitrogens with zero attached hydrogens (tertiary/aromatic N) is 4. The lowest BCUT2D eigenvalue weighted by molar-refractivity contribution is -0.148. The van der Waals surface area contributed by atoms with E-state index in [0.29, 0.717) is 29.8 Å². The average Bonchev–Trinajstić information content (AvgIpc) is 2.77. The maximum Gasteiger partial charge on any atom is 0.229 e. The zero-order valence-corrected chi connectivity index (χ0v) is 19.6. The highest BCUT2D eigenvalue weighted by atomic mass is 16.5. The van der Waals surface area contributed by atoms with Gasteiger partial charge in [-0.15, -0.1) is 0 Å². The number of rotatable bonds is 6. The minimum Gasteiger partial charge on any atom is -0.463 e. The standard InChI is InChI=1S/C26H33N5O2/c1-18(2)33-20(4)22-8-5-7-21(16-22)17-31-12-6-9-26(24(31)32)10-13-30(14-11-26)25-28-19(3)15-23(27)29-25/h5,7-8,15-16H,1,4,6,9-14,17H2,2-3H3,(H2,27,28,29). The number of aromatic nitrogens is 2. The molecule has 2 saturated heterocycles. The maximum atomic E-state index is 13.6. The van der Waals surface area contributed by atoms with Crippen molar-refractivity contribution in [2.24, 2.45) is 5.41 Å². The van der Waals surface area contributed by atoms with E-state index in [1.807, 2.05) is 36.1 Å². The highest BCUT2D eigenvalue weighted by Gasteiger charge is 2.45. The van der Waals surface area contributed by atoms with Gasteiger partial charge in [0, 0.05) is 43.5 Å². The molecule has 3 heterocycles. The quantitative estimate of drug-likeness (QED) is 0.665. The van der Waals surface area contributed by atoms with Gasteiger partial charge in [-0.25, -0.2) is 4.98 Å². The van der Waals surface area contributed by atoms with E-state index in [4.69, 9.17) is 10.5 Å². The molecule has 2 aromatic rings. The van der Waals surface area contributed by atoms with Gasteiger partial charge in [-0.2, -0.15) is 4.98 Å². The van der Waals surface area contributed by atoms with E-state index in [0.717, 1.165) is 62.1 Å². The number of benzene rings is 1. The van der Waals surface area contributed by atoms with Gasteiger partial charge in [0.25, 0.3) is 0 Å². The summed E-state index contributed by atoms with van der Waals surface area (Å²) in [5, 5.41) is 0. The summed E-state index contributed by atoms with van der Waals surface area (Å²) in [6.07, 6.45) is 3.58. The van der Waals surface area contributed by atoms with Gasteiger partial charge < -0.3 is 20.3 Å². The van der Waals surface area contributed by atoms with E-state index in [1.54, 1.807) is 13.0 Å². The van der Waals surface area contributed by atoms with Gasteiger partial charge in [0.2, 0.25) is 11.9 Å². The summed E-state index contributed by atoms with van der Waals surface area (Å²) in [5.41, 5.74) is 8.45. The van der Waals surface area contributed by atoms with Crippen molar-refractivity contribution in [3.05, 3.63) is 66.1 Å². The number of anilines is 2. The first-order valence-electron chi connectivity index (χ1n) is 11.5. The molecule has 0 saturated carbocycles. The predicted octanol–water partition coefficient (Wildman–Crippen LogP) is 4.30. The molecule has 4 rings (SSSR count). The van der Waals surface area contributed by atoms with Gasteiger partial charge in [-0.3, -0.25) is 4.79 Å². The van der Waals surface area contributed by atoms with Gasteiger partial charge in [-0.05, 0) is 51.2 Å². The number of piperidine rings is 2. The van der Waals surface area contributed by atoms with E-state index in [2.05, 4.69) is 28.0 Å². The molecule has 2 N–H and O–H groups in total. The molecule has 7 heteroatoms. The van der Waals surface area contributed by atoms with Crippen LogP contribution in [0.5, 0.6) is 0 Å². The number of amides is 1. The minimum atomic E-state index is -0.297. The van der Waals surface area contributed by atoms with Gasteiger partial charge in [0.05, 0.1) is 11.2 Å². The summed E-state index contributed by atoms with van der Waals surface area (Å²) < 4.78 is 5.56. The van der Waals surface area contributed by atoms with Crippen LogP contribution in [-0.2, 0) is 16.1 Å². The third kappa shape index (κ3) is 5.02. The number of hydrogen-bond acceptors (Lipinski definition) is 6. The molecule has 2 aliphatic rings. The van der Waals surface area contributed by atoms with Crippen LogP contribution in [0.2, 0.25) is 0 Å². The first-order chi connectivity index (χ1) is 15.8. The Morgan fingerprint density at radius 1 is 1.15 bits per heavy atom. The largest absolute Gasteiger partial charge is 0.463 e. The van der Waals surface area contributed by atoms with Crippen LogP contribution in [0.4, 0.5) is 11.8 Å². The molecule has 0 bridgehead atoms. The molecule has 1 aromatic carbocycles. The lowest BCUT2D eigenvalue weighted by atomic mass is 9.71. The highest BCUT2D eigenvalue weighted by Crippen LogP contribution is 2.42. The monoisotopic (exact) mass is 447 g/mol. The topological polar surface area (TPSA) is 84.6 Å². The van der Waals surface area contributed by atoms with Gasteiger partial charge >= 0.3 is 0 Å². The summed E-state index contributed by atoms with van der Waals surface area (Å²) in [6.45, 7) is 14.4. The van der Waals surface area contributed by atoms with Crippen molar-refractivity contribution in [3.8, 4) is 0 Å². The van der Waals surface area contributed by atoms with E-state index < -0.39 is 0 Å². The number of allylic oxidation sites excluding steroid dienone is 1. The number of likely N-dealkylation sites (tertiary alicyclic amines) is 1. The fourth-order valence-electron chi connectivity index (χ4n) is 4.95. The Bertz CT molecular complexity index is 1050. The molecule has 0 radical (unpaired) electrons. The second-order valence-corrected chi connectivity index (χ2v) is 9.26. The zero-order chi connectivity index (χ0) is 23.6. The normalized spacial score (nSPS) is 17.8. The summed E-state index contributed by atoms with van der Waals surface area (Å²) in [5.74, 6) is 2.58. The minimum absolute atomic E-state index is 0.264. The Morgan fingerprint density at radius 2 is 1.91 bits per heavy atom. The van der Waals surface area contributed by atoms with Crippen LogP contribution in [0.25, 0.3) is 5.76 Å². The van der Waals surface area contributed by atoms with Crippen LogP contribution in [0.1, 0.15) is 49.4 Å². The number of carbonyl (C=O) groups excluding carboxylic acids is 1. The van der Waals surface area contributed by atoms with Crippen molar-refractivity contribution in [1.82, 2.24) is 14.9 Å². The van der Waals surface area contributed by atoms with E-state index in [9.17, 15) is 4.79 Å². The molecule has 33 heavy (non-hydrogen) atoms. The molecule has 0 atom stereocenters. The molecule has 1 amide bonds.